The smallest absolute Gasteiger partial charge is 0.291 e. The first-order valence-electron chi connectivity index (χ1n) is 8.98. The lowest BCUT2D eigenvalue weighted by Gasteiger charge is -2.07. The third-order valence-electron chi connectivity index (χ3n) is 4.19. The number of rotatable bonds is 7. The second kappa shape index (κ2) is 8.71. The maximum Gasteiger partial charge on any atom is 0.291 e. The Hall–Kier alpha value is -4.12. The van der Waals surface area contributed by atoms with Crippen LogP contribution in [0.1, 0.15) is 20.2 Å². The summed E-state index contributed by atoms with van der Waals surface area (Å²) in [6.07, 6.45) is 1.41. The van der Waals surface area contributed by atoms with Crippen LogP contribution in [0.5, 0.6) is 11.5 Å². The van der Waals surface area contributed by atoms with Crippen LogP contribution in [0.15, 0.2) is 53.1 Å². The van der Waals surface area contributed by atoms with Gasteiger partial charge < -0.3 is 19.2 Å². The summed E-state index contributed by atoms with van der Waals surface area (Å²) in [7, 11) is 3.10. The number of thiophene rings is 1. The number of anilines is 2. The number of nitrogens with one attached hydrogen (secondary N) is 3. The lowest BCUT2D eigenvalue weighted by atomic mass is 10.2. The Morgan fingerprint density at radius 1 is 1.06 bits per heavy atom. The number of H-pyrrole nitrogens is 1. The molecule has 31 heavy (non-hydrogen) atoms. The van der Waals surface area contributed by atoms with Crippen LogP contribution in [0.4, 0.5) is 10.9 Å². The van der Waals surface area contributed by atoms with E-state index in [1.54, 1.807) is 49.6 Å². The molecule has 11 heteroatoms. The molecule has 3 aromatic heterocycles. The highest BCUT2D eigenvalue weighted by atomic mass is 32.1. The summed E-state index contributed by atoms with van der Waals surface area (Å²) in [6.45, 7) is 0. The molecule has 0 radical (unpaired) electrons. The molecule has 10 nitrogen and oxygen atoms in total. The molecule has 0 fully saturated rings. The molecule has 4 aromatic rings. The molecule has 2 amide bonds. The predicted octanol–water partition coefficient (Wildman–Crippen LogP) is 3.65. The summed E-state index contributed by atoms with van der Waals surface area (Å²) in [5.41, 5.74) is 0.662. The molecule has 0 saturated heterocycles. The van der Waals surface area contributed by atoms with Gasteiger partial charge in [-0.3, -0.25) is 20.0 Å². The highest BCUT2D eigenvalue weighted by molar-refractivity contribution is 7.18. The van der Waals surface area contributed by atoms with E-state index in [2.05, 4.69) is 25.8 Å². The van der Waals surface area contributed by atoms with Crippen LogP contribution in [-0.4, -0.2) is 41.2 Å². The molecular weight excluding hydrogens is 422 g/mol. The normalized spacial score (nSPS) is 10.5. The Bertz CT molecular complexity index is 1210. The van der Waals surface area contributed by atoms with Gasteiger partial charge in [0.2, 0.25) is 5.95 Å². The molecule has 0 bridgehead atoms. The molecule has 1 aromatic carbocycles. The van der Waals surface area contributed by atoms with Crippen LogP contribution in [0.2, 0.25) is 0 Å². The molecule has 0 atom stereocenters. The topological polar surface area (TPSA) is 131 Å². The Morgan fingerprint density at radius 3 is 2.68 bits per heavy atom. The van der Waals surface area contributed by atoms with Crippen molar-refractivity contribution in [3.63, 3.8) is 0 Å². The van der Waals surface area contributed by atoms with E-state index in [0.717, 1.165) is 11.3 Å². The van der Waals surface area contributed by atoms with Gasteiger partial charge in [-0.05, 0) is 36.4 Å². The molecule has 3 heterocycles. The van der Waals surface area contributed by atoms with E-state index in [1.165, 1.54) is 13.4 Å². The molecule has 0 unspecified atom stereocenters. The second-order valence-electron chi connectivity index (χ2n) is 6.12. The lowest BCUT2D eigenvalue weighted by Crippen LogP contribution is -2.11. The number of nitrogens with zero attached hydrogens (tertiary/aromatic N) is 2. The van der Waals surface area contributed by atoms with Crippen molar-refractivity contribution in [1.82, 2.24) is 15.2 Å². The van der Waals surface area contributed by atoms with Crippen LogP contribution in [-0.2, 0) is 0 Å². The van der Waals surface area contributed by atoms with Crippen molar-refractivity contribution in [3.8, 4) is 22.9 Å². The van der Waals surface area contributed by atoms with E-state index >= 15 is 0 Å². The molecular formula is C20H17N5O5S. The fourth-order valence-electron chi connectivity index (χ4n) is 2.70. The highest BCUT2D eigenvalue weighted by Crippen LogP contribution is 2.31. The quantitative estimate of drug-likeness (QED) is 0.400. The first kappa shape index (κ1) is 20.2. The van der Waals surface area contributed by atoms with E-state index in [1.807, 2.05) is 0 Å². The summed E-state index contributed by atoms with van der Waals surface area (Å²) in [5.74, 6) is 1.09. The number of hydrogen-bond acceptors (Lipinski definition) is 8. The highest BCUT2D eigenvalue weighted by Gasteiger charge is 2.17. The molecule has 0 saturated carbocycles. The summed E-state index contributed by atoms with van der Waals surface area (Å²) < 4.78 is 15.6. The van der Waals surface area contributed by atoms with Crippen LogP contribution in [0.25, 0.3) is 11.4 Å². The van der Waals surface area contributed by atoms with Crippen molar-refractivity contribution in [2.24, 2.45) is 0 Å². The largest absolute Gasteiger partial charge is 0.497 e. The predicted molar refractivity (Wildman–Crippen MR) is 114 cm³/mol. The van der Waals surface area contributed by atoms with Gasteiger partial charge in [0.15, 0.2) is 11.6 Å². The Labute approximate surface area is 180 Å². The van der Waals surface area contributed by atoms with E-state index in [9.17, 15) is 9.59 Å². The lowest BCUT2D eigenvalue weighted by molar-refractivity contribution is 0.0995. The Balaban J connectivity index is 1.44. The number of carbonyl (C=O) groups excluding carboxylic acids is 2. The average Bonchev–Trinajstić information content (AvgIpc) is 3.55. The molecule has 0 aliphatic carbocycles. The maximum absolute atomic E-state index is 12.5. The van der Waals surface area contributed by atoms with Crippen molar-refractivity contribution in [2.75, 3.05) is 24.9 Å². The van der Waals surface area contributed by atoms with Crippen LogP contribution < -0.4 is 20.1 Å². The molecule has 0 aliphatic heterocycles. The molecule has 3 N–H and O–H groups in total. The van der Waals surface area contributed by atoms with Gasteiger partial charge in [-0.1, -0.05) is 0 Å². The number of methoxy groups -OCH3 is 2. The fourth-order valence-corrected chi connectivity index (χ4v) is 3.50. The minimum Gasteiger partial charge on any atom is -0.497 e. The monoisotopic (exact) mass is 439 g/mol. The van der Waals surface area contributed by atoms with Gasteiger partial charge in [0.25, 0.3) is 11.8 Å². The summed E-state index contributed by atoms with van der Waals surface area (Å²) in [5, 5.41) is 12.6. The first-order chi connectivity index (χ1) is 15.1. The standard InChI is InChI=1S/C20H17N5O5S/c1-28-11-5-6-12(14(10-11)29-2)17-22-20(25-24-17)23-19(27)15-7-8-16(31-15)21-18(26)13-4-3-9-30-13/h3-10H,1-2H3,(H,21,26)(H2,22,23,24,25,27). The fraction of sp³-hybridized carbons (Fsp3) is 0.100. The van der Waals surface area contributed by atoms with Crippen molar-refractivity contribution in [1.29, 1.82) is 0 Å². The van der Waals surface area contributed by atoms with E-state index < -0.39 is 11.8 Å². The SMILES string of the molecule is COc1ccc(-c2nc(NC(=O)c3ccc(NC(=O)c4ccco4)s3)n[nH]2)c(OC)c1. The third-order valence-corrected chi connectivity index (χ3v) is 5.19. The number of aromatic nitrogens is 3. The number of benzene rings is 1. The van der Waals surface area contributed by atoms with Gasteiger partial charge >= 0.3 is 0 Å². The zero-order chi connectivity index (χ0) is 21.8. The molecule has 0 aliphatic rings. The number of aromatic amines is 1. The zero-order valence-electron chi connectivity index (χ0n) is 16.5. The van der Waals surface area contributed by atoms with Gasteiger partial charge in [0.1, 0.15) is 11.5 Å². The summed E-state index contributed by atoms with van der Waals surface area (Å²) in [4.78, 5) is 29.2. The number of hydrogen-bond donors (Lipinski definition) is 3. The molecule has 4 rings (SSSR count). The average molecular weight is 439 g/mol. The van der Waals surface area contributed by atoms with Gasteiger partial charge in [-0.15, -0.1) is 16.4 Å². The summed E-state index contributed by atoms with van der Waals surface area (Å²) >= 11 is 1.11. The number of ether oxygens (including phenoxy) is 2. The maximum atomic E-state index is 12.5. The number of amides is 2. The Morgan fingerprint density at radius 2 is 1.94 bits per heavy atom. The Kier molecular flexibility index (Phi) is 5.67. The van der Waals surface area contributed by atoms with E-state index in [4.69, 9.17) is 13.9 Å². The molecule has 0 spiro atoms. The number of furan rings is 1. The van der Waals surface area contributed by atoms with Crippen LogP contribution in [0.3, 0.4) is 0 Å². The van der Waals surface area contributed by atoms with Crippen molar-refractivity contribution >= 4 is 34.1 Å². The van der Waals surface area contributed by atoms with Gasteiger partial charge in [-0.25, -0.2) is 0 Å². The zero-order valence-corrected chi connectivity index (χ0v) is 17.3. The van der Waals surface area contributed by atoms with Gasteiger partial charge in [0, 0.05) is 6.07 Å². The molecule has 158 valence electrons. The van der Waals surface area contributed by atoms with E-state index in [0.29, 0.717) is 32.8 Å². The summed E-state index contributed by atoms with van der Waals surface area (Å²) in [6, 6.07) is 11.7. The second-order valence-corrected chi connectivity index (χ2v) is 7.21. The number of carbonyl (C=O) groups is 2. The van der Waals surface area contributed by atoms with Crippen LogP contribution >= 0.6 is 11.3 Å². The van der Waals surface area contributed by atoms with Crippen LogP contribution in [0, 0.1) is 0 Å². The van der Waals surface area contributed by atoms with Crippen molar-refractivity contribution in [3.05, 3.63) is 59.4 Å². The van der Waals surface area contributed by atoms with Crippen molar-refractivity contribution in [2.45, 2.75) is 0 Å². The van der Waals surface area contributed by atoms with Crippen molar-refractivity contribution < 1.29 is 23.5 Å². The minimum atomic E-state index is -0.407. The minimum absolute atomic E-state index is 0.104. The third kappa shape index (κ3) is 4.41. The van der Waals surface area contributed by atoms with Gasteiger partial charge in [-0.2, -0.15) is 4.98 Å². The van der Waals surface area contributed by atoms with Gasteiger partial charge in [0.05, 0.1) is 35.9 Å². The van der Waals surface area contributed by atoms with E-state index in [-0.39, 0.29) is 11.7 Å². The first-order valence-corrected chi connectivity index (χ1v) is 9.80.